The van der Waals surface area contributed by atoms with E-state index in [1.165, 1.54) is 16.7 Å². The molecule has 0 unspecified atom stereocenters. The Morgan fingerprint density at radius 2 is 1.87 bits per heavy atom. The van der Waals surface area contributed by atoms with Gasteiger partial charge in [-0.25, -0.2) is 0 Å². The Hall–Kier alpha value is -1.02. The van der Waals surface area contributed by atoms with E-state index in [2.05, 4.69) is 45.1 Å². The maximum atomic E-state index is 5.74. The summed E-state index contributed by atoms with van der Waals surface area (Å²) in [6, 6.07) is 4.32. The molecule has 0 aliphatic carbocycles. The number of rotatable bonds is 4. The van der Waals surface area contributed by atoms with Crippen molar-refractivity contribution in [3.05, 3.63) is 28.8 Å². The average molecular weight is 207 g/mol. The molecule has 0 saturated heterocycles. The van der Waals surface area contributed by atoms with Gasteiger partial charge in [0.1, 0.15) is 5.75 Å². The molecule has 15 heavy (non-hydrogen) atoms. The van der Waals surface area contributed by atoms with Gasteiger partial charge in [0, 0.05) is 6.54 Å². The second-order valence-corrected chi connectivity index (χ2v) is 4.24. The van der Waals surface area contributed by atoms with E-state index < -0.39 is 0 Å². The third kappa shape index (κ3) is 3.24. The molecule has 0 bridgehead atoms. The van der Waals surface area contributed by atoms with E-state index in [9.17, 15) is 0 Å². The van der Waals surface area contributed by atoms with E-state index in [1.54, 1.807) is 0 Å². The van der Waals surface area contributed by atoms with Gasteiger partial charge in [-0.1, -0.05) is 6.07 Å². The van der Waals surface area contributed by atoms with Crippen molar-refractivity contribution in [1.29, 1.82) is 0 Å². The fourth-order valence-electron chi connectivity index (χ4n) is 1.61. The summed E-state index contributed by atoms with van der Waals surface area (Å²) in [5.41, 5.74) is 3.83. The van der Waals surface area contributed by atoms with Crippen LogP contribution in [0.1, 0.15) is 30.5 Å². The highest BCUT2D eigenvalue weighted by Gasteiger charge is 2.06. The lowest BCUT2D eigenvalue weighted by Crippen LogP contribution is -2.10. The summed E-state index contributed by atoms with van der Waals surface area (Å²) in [5, 5.41) is 3.17. The molecular weight excluding hydrogens is 186 g/mol. The van der Waals surface area contributed by atoms with Crippen molar-refractivity contribution in [3.63, 3.8) is 0 Å². The molecule has 0 aliphatic rings. The predicted molar refractivity (Wildman–Crippen MR) is 64.4 cm³/mol. The lowest BCUT2D eigenvalue weighted by atomic mass is 10.0. The van der Waals surface area contributed by atoms with Crippen LogP contribution in [-0.4, -0.2) is 13.2 Å². The standard InChI is InChI=1S/C13H21NO/c1-9(2)15-13-7-10(3)12(8-14-5)6-11(13)4/h6-7,9,14H,8H2,1-5H3. The molecule has 2 nitrogen and oxygen atoms in total. The number of nitrogens with one attached hydrogen (secondary N) is 1. The molecule has 84 valence electrons. The first-order chi connectivity index (χ1) is 7.04. The van der Waals surface area contributed by atoms with Crippen molar-refractivity contribution >= 4 is 0 Å². The molecule has 1 aromatic carbocycles. The molecule has 0 fully saturated rings. The van der Waals surface area contributed by atoms with Crippen LogP contribution < -0.4 is 10.1 Å². The van der Waals surface area contributed by atoms with Gasteiger partial charge in [0.15, 0.2) is 0 Å². The maximum Gasteiger partial charge on any atom is 0.122 e. The summed E-state index contributed by atoms with van der Waals surface area (Å²) in [4.78, 5) is 0. The molecular formula is C13H21NO. The van der Waals surface area contributed by atoms with Crippen LogP contribution in [0.15, 0.2) is 12.1 Å². The quantitative estimate of drug-likeness (QED) is 0.819. The maximum absolute atomic E-state index is 5.74. The van der Waals surface area contributed by atoms with Crippen LogP contribution in [0.2, 0.25) is 0 Å². The Labute approximate surface area is 92.6 Å². The SMILES string of the molecule is CNCc1cc(C)c(OC(C)C)cc1C. The van der Waals surface area contributed by atoms with Crippen molar-refractivity contribution in [2.45, 2.75) is 40.3 Å². The predicted octanol–water partition coefficient (Wildman–Crippen LogP) is 2.81. The van der Waals surface area contributed by atoms with E-state index in [-0.39, 0.29) is 6.10 Å². The van der Waals surface area contributed by atoms with Crippen LogP contribution in [0, 0.1) is 13.8 Å². The van der Waals surface area contributed by atoms with Crippen molar-refractivity contribution < 1.29 is 4.74 Å². The molecule has 0 heterocycles. The minimum absolute atomic E-state index is 0.234. The molecule has 1 aromatic rings. The molecule has 0 atom stereocenters. The Kier molecular flexibility index (Phi) is 4.15. The number of benzene rings is 1. The van der Waals surface area contributed by atoms with Gasteiger partial charge in [-0.05, 0) is 57.5 Å². The minimum atomic E-state index is 0.234. The highest BCUT2D eigenvalue weighted by atomic mass is 16.5. The number of hydrogen-bond donors (Lipinski definition) is 1. The summed E-state index contributed by atoms with van der Waals surface area (Å²) >= 11 is 0. The zero-order valence-corrected chi connectivity index (χ0v) is 10.3. The summed E-state index contributed by atoms with van der Waals surface area (Å²) < 4.78 is 5.74. The van der Waals surface area contributed by atoms with E-state index in [4.69, 9.17) is 4.74 Å². The first kappa shape index (κ1) is 12.1. The number of aryl methyl sites for hydroxylation is 2. The van der Waals surface area contributed by atoms with Crippen LogP contribution >= 0.6 is 0 Å². The lowest BCUT2D eigenvalue weighted by molar-refractivity contribution is 0.240. The van der Waals surface area contributed by atoms with Gasteiger partial charge in [-0.15, -0.1) is 0 Å². The smallest absolute Gasteiger partial charge is 0.122 e. The second kappa shape index (κ2) is 5.17. The normalized spacial score (nSPS) is 10.8. The highest BCUT2D eigenvalue weighted by Crippen LogP contribution is 2.23. The fraction of sp³-hybridized carbons (Fsp3) is 0.538. The van der Waals surface area contributed by atoms with Crippen LogP contribution in [0.4, 0.5) is 0 Å². The highest BCUT2D eigenvalue weighted by molar-refractivity contribution is 5.41. The zero-order chi connectivity index (χ0) is 11.4. The first-order valence-electron chi connectivity index (χ1n) is 5.46. The van der Waals surface area contributed by atoms with Crippen molar-refractivity contribution in [2.24, 2.45) is 0 Å². The lowest BCUT2D eigenvalue weighted by Gasteiger charge is -2.15. The van der Waals surface area contributed by atoms with Crippen LogP contribution in [0.5, 0.6) is 5.75 Å². The Morgan fingerprint density at radius 1 is 1.20 bits per heavy atom. The van der Waals surface area contributed by atoms with Gasteiger partial charge in [-0.2, -0.15) is 0 Å². The van der Waals surface area contributed by atoms with E-state index in [0.717, 1.165) is 12.3 Å². The summed E-state index contributed by atoms with van der Waals surface area (Å²) in [7, 11) is 1.97. The molecule has 0 radical (unpaired) electrons. The van der Waals surface area contributed by atoms with Gasteiger partial charge in [-0.3, -0.25) is 0 Å². The minimum Gasteiger partial charge on any atom is -0.491 e. The third-order valence-corrected chi connectivity index (χ3v) is 2.36. The summed E-state index contributed by atoms with van der Waals surface area (Å²) in [6.07, 6.45) is 0.234. The van der Waals surface area contributed by atoms with Crippen LogP contribution in [0.25, 0.3) is 0 Å². The van der Waals surface area contributed by atoms with Crippen LogP contribution in [-0.2, 0) is 6.54 Å². The molecule has 0 spiro atoms. The van der Waals surface area contributed by atoms with Crippen molar-refractivity contribution in [1.82, 2.24) is 5.32 Å². The van der Waals surface area contributed by atoms with Crippen LogP contribution in [0.3, 0.4) is 0 Å². The zero-order valence-electron chi connectivity index (χ0n) is 10.3. The molecule has 1 rings (SSSR count). The fourth-order valence-corrected chi connectivity index (χ4v) is 1.61. The molecule has 0 saturated carbocycles. The van der Waals surface area contributed by atoms with Gasteiger partial charge in [0.2, 0.25) is 0 Å². The Bertz CT molecular complexity index is 332. The van der Waals surface area contributed by atoms with Gasteiger partial charge in [0.05, 0.1) is 6.10 Å². The van der Waals surface area contributed by atoms with E-state index in [1.807, 2.05) is 7.05 Å². The van der Waals surface area contributed by atoms with Crippen molar-refractivity contribution in [2.75, 3.05) is 7.05 Å². The molecule has 1 N–H and O–H groups in total. The Morgan fingerprint density at radius 3 is 2.40 bits per heavy atom. The Balaban J connectivity index is 2.97. The van der Waals surface area contributed by atoms with Gasteiger partial charge in [0.25, 0.3) is 0 Å². The van der Waals surface area contributed by atoms with E-state index >= 15 is 0 Å². The van der Waals surface area contributed by atoms with Gasteiger partial charge < -0.3 is 10.1 Å². The van der Waals surface area contributed by atoms with E-state index in [0.29, 0.717) is 0 Å². The molecule has 2 heteroatoms. The summed E-state index contributed by atoms with van der Waals surface area (Å²) in [5.74, 6) is 1.00. The van der Waals surface area contributed by atoms with Gasteiger partial charge >= 0.3 is 0 Å². The monoisotopic (exact) mass is 207 g/mol. The first-order valence-corrected chi connectivity index (χ1v) is 5.46. The molecule has 0 aliphatic heterocycles. The molecule has 0 aromatic heterocycles. The molecule has 0 amide bonds. The number of hydrogen-bond acceptors (Lipinski definition) is 2. The van der Waals surface area contributed by atoms with Crippen molar-refractivity contribution in [3.8, 4) is 5.75 Å². The average Bonchev–Trinajstić information content (AvgIpc) is 2.13. The summed E-state index contributed by atoms with van der Waals surface area (Å²) in [6.45, 7) is 9.23. The largest absolute Gasteiger partial charge is 0.491 e. The number of ether oxygens (including phenoxy) is 1. The second-order valence-electron chi connectivity index (χ2n) is 4.24. The topological polar surface area (TPSA) is 21.3 Å². The third-order valence-electron chi connectivity index (χ3n) is 2.36.